The number of nitrogens with zero attached hydrogens (tertiary/aromatic N) is 2. The number of aldehydes is 1. The SMILES string of the molecule is O=Cc1cccc(Cn2cccn2)c1. The van der Waals surface area contributed by atoms with Gasteiger partial charge in [0.15, 0.2) is 0 Å². The average Bonchev–Trinajstić information content (AvgIpc) is 2.71. The minimum absolute atomic E-state index is 0.703. The van der Waals surface area contributed by atoms with Crippen LogP contribution in [0.4, 0.5) is 0 Å². The van der Waals surface area contributed by atoms with E-state index < -0.39 is 0 Å². The number of hydrogen-bond donors (Lipinski definition) is 0. The molecule has 3 nitrogen and oxygen atoms in total. The summed E-state index contributed by atoms with van der Waals surface area (Å²) in [5.74, 6) is 0. The molecular formula is C11H10N2O. The summed E-state index contributed by atoms with van der Waals surface area (Å²) >= 11 is 0. The second-order valence-electron chi connectivity index (χ2n) is 3.07. The van der Waals surface area contributed by atoms with Crippen molar-refractivity contribution in [2.75, 3.05) is 0 Å². The Kier molecular flexibility index (Phi) is 2.40. The smallest absolute Gasteiger partial charge is 0.150 e. The quantitative estimate of drug-likeness (QED) is 0.684. The van der Waals surface area contributed by atoms with Crippen molar-refractivity contribution in [3.63, 3.8) is 0 Å². The summed E-state index contributed by atoms with van der Waals surface area (Å²) in [6.45, 7) is 0.703. The molecule has 0 saturated heterocycles. The highest BCUT2D eigenvalue weighted by Gasteiger charge is 1.96. The highest BCUT2D eigenvalue weighted by Crippen LogP contribution is 2.04. The first kappa shape index (κ1) is 8.69. The van der Waals surface area contributed by atoms with E-state index in [-0.39, 0.29) is 0 Å². The molecule has 1 aromatic carbocycles. The minimum atomic E-state index is 0.703. The third kappa shape index (κ3) is 1.88. The van der Waals surface area contributed by atoms with E-state index in [4.69, 9.17) is 0 Å². The fraction of sp³-hybridized carbons (Fsp3) is 0.0909. The van der Waals surface area contributed by atoms with Gasteiger partial charge in [0.05, 0.1) is 6.54 Å². The first-order chi connectivity index (χ1) is 6.88. The van der Waals surface area contributed by atoms with E-state index in [9.17, 15) is 4.79 Å². The number of aromatic nitrogens is 2. The van der Waals surface area contributed by atoms with E-state index in [2.05, 4.69) is 5.10 Å². The molecule has 0 aliphatic heterocycles. The highest BCUT2D eigenvalue weighted by molar-refractivity contribution is 5.74. The number of hydrogen-bond acceptors (Lipinski definition) is 2. The first-order valence-corrected chi connectivity index (χ1v) is 4.40. The molecular weight excluding hydrogens is 176 g/mol. The van der Waals surface area contributed by atoms with Crippen molar-refractivity contribution in [1.29, 1.82) is 0 Å². The molecule has 70 valence electrons. The van der Waals surface area contributed by atoms with Gasteiger partial charge >= 0.3 is 0 Å². The van der Waals surface area contributed by atoms with Crippen LogP contribution in [0, 0.1) is 0 Å². The Labute approximate surface area is 82.0 Å². The van der Waals surface area contributed by atoms with Crippen molar-refractivity contribution >= 4 is 6.29 Å². The Balaban J connectivity index is 2.21. The van der Waals surface area contributed by atoms with Crippen molar-refractivity contribution in [2.24, 2.45) is 0 Å². The molecule has 0 spiro atoms. The fourth-order valence-corrected chi connectivity index (χ4v) is 1.35. The lowest BCUT2D eigenvalue weighted by Crippen LogP contribution is -1.99. The average molecular weight is 186 g/mol. The van der Waals surface area contributed by atoms with Crippen LogP contribution in [-0.4, -0.2) is 16.1 Å². The van der Waals surface area contributed by atoms with E-state index in [1.165, 1.54) is 0 Å². The fourth-order valence-electron chi connectivity index (χ4n) is 1.35. The third-order valence-electron chi connectivity index (χ3n) is 1.99. The van der Waals surface area contributed by atoms with Gasteiger partial charge in [-0.25, -0.2) is 0 Å². The molecule has 0 atom stereocenters. The van der Waals surface area contributed by atoms with Gasteiger partial charge in [-0.05, 0) is 17.7 Å². The van der Waals surface area contributed by atoms with Gasteiger partial charge in [0.1, 0.15) is 6.29 Å². The van der Waals surface area contributed by atoms with E-state index >= 15 is 0 Å². The Hall–Kier alpha value is -1.90. The van der Waals surface area contributed by atoms with Crippen LogP contribution >= 0.6 is 0 Å². The van der Waals surface area contributed by atoms with Crippen LogP contribution < -0.4 is 0 Å². The summed E-state index contributed by atoms with van der Waals surface area (Å²) in [7, 11) is 0. The summed E-state index contributed by atoms with van der Waals surface area (Å²) in [4.78, 5) is 10.5. The maximum absolute atomic E-state index is 10.5. The molecule has 14 heavy (non-hydrogen) atoms. The van der Waals surface area contributed by atoms with Crippen LogP contribution in [-0.2, 0) is 6.54 Å². The van der Waals surface area contributed by atoms with E-state index in [0.717, 1.165) is 11.8 Å². The lowest BCUT2D eigenvalue weighted by Gasteiger charge is -2.01. The molecule has 3 heteroatoms. The highest BCUT2D eigenvalue weighted by atomic mass is 16.1. The van der Waals surface area contributed by atoms with Crippen LogP contribution in [0.1, 0.15) is 15.9 Å². The number of carbonyl (C=O) groups is 1. The standard InChI is InChI=1S/C11H10N2O/c14-9-11-4-1-3-10(7-11)8-13-6-2-5-12-13/h1-7,9H,8H2. The second-order valence-corrected chi connectivity index (χ2v) is 3.07. The normalized spacial score (nSPS) is 10.0. The Morgan fingerprint density at radius 1 is 1.36 bits per heavy atom. The van der Waals surface area contributed by atoms with Crippen LogP contribution in [0.25, 0.3) is 0 Å². The van der Waals surface area contributed by atoms with Gasteiger partial charge in [0.2, 0.25) is 0 Å². The lowest BCUT2D eigenvalue weighted by atomic mass is 10.1. The zero-order chi connectivity index (χ0) is 9.80. The largest absolute Gasteiger partial charge is 0.298 e. The Bertz CT molecular complexity index is 421. The molecule has 0 amide bonds. The zero-order valence-corrected chi connectivity index (χ0v) is 7.63. The number of carbonyl (C=O) groups excluding carboxylic acids is 1. The van der Waals surface area contributed by atoms with E-state index in [1.807, 2.05) is 35.1 Å². The molecule has 0 bridgehead atoms. The molecule has 2 aromatic rings. The third-order valence-corrected chi connectivity index (χ3v) is 1.99. The predicted octanol–water partition coefficient (Wildman–Crippen LogP) is 1.74. The summed E-state index contributed by atoms with van der Waals surface area (Å²) in [6, 6.07) is 9.40. The maximum Gasteiger partial charge on any atom is 0.150 e. The lowest BCUT2D eigenvalue weighted by molar-refractivity contribution is 0.112. The molecule has 2 rings (SSSR count). The van der Waals surface area contributed by atoms with Gasteiger partial charge in [0.25, 0.3) is 0 Å². The number of rotatable bonds is 3. The topological polar surface area (TPSA) is 34.9 Å². The Morgan fingerprint density at radius 2 is 2.29 bits per heavy atom. The summed E-state index contributed by atoms with van der Waals surface area (Å²) in [5, 5.41) is 4.10. The zero-order valence-electron chi connectivity index (χ0n) is 7.63. The van der Waals surface area contributed by atoms with Crippen molar-refractivity contribution in [2.45, 2.75) is 6.54 Å². The second kappa shape index (κ2) is 3.87. The first-order valence-electron chi connectivity index (χ1n) is 4.40. The summed E-state index contributed by atoms with van der Waals surface area (Å²) in [5.41, 5.74) is 1.79. The van der Waals surface area contributed by atoms with Gasteiger partial charge in [-0.1, -0.05) is 18.2 Å². The van der Waals surface area contributed by atoms with Gasteiger partial charge in [-0.2, -0.15) is 5.10 Å². The predicted molar refractivity (Wildman–Crippen MR) is 53.2 cm³/mol. The van der Waals surface area contributed by atoms with Crippen LogP contribution in [0.3, 0.4) is 0 Å². The summed E-state index contributed by atoms with van der Waals surface area (Å²) in [6.07, 6.45) is 4.49. The molecule has 0 unspecified atom stereocenters. The Morgan fingerprint density at radius 3 is 3.00 bits per heavy atom. The van der Waals surface area contributed by atoms with Crippen LogP contribution in [0.5, 0.6) is 0 Å². The van der Waals surface area contributed by atoms with Gasteiger partial charge < -0.3 is 0 Å². The van der Waals surface area contributed by atoms with Crippen molar-refractivity contribution in [3.8, 4) is 0 Å². The van der Waals surface area contributed by atoms with Crippen molar-refractivity contribution in [3.05, 3.63) is 53.9 Å². The van der Waals surface area contributed by atoms with Crippen molar-refractivity contribution < 1.29 is 4.79 Å². The van der Waals surface area contributed by atoms with Gasteiger partial charge in [0, 0.05) is 18.0 Å². The molecule has 0 aliphatic rings. The molecule has 1 heterocycles. The molecule has 0 radical (unpaired) electrons. The molecule has 0 saturated carbocycles. The van der Waals surface area contributed by atoms with Crippen LogP contribution in [0.15, 0.2) is 42.7 Å². The van der Waals surface area contributed by atoms with Crippen molar-refractivity contribution in [1.82, 2.24) is 9.78 Å². The van der Waals surface area contributed by atoms with E-state index in [0.29, 0.717) is 12.1 Å². The van der Waals surface area contributed by atoms with Gasteiger partial charge in [-0.15, -0.1) is 0 Å². The molecule has 0 fully saturated rings. The maximum atomic E-state index is 10.5. The molecule has 0 N–H and O–H groups in total. The summed E-state index contributed by atoms with van der Waals surface area (Å²) < 4.78 is 1.82. The molecule has 0 aliphatic carbocycles. The van der Waals surface area contributed by atoms with E-state index in [1.54, 1.807) is 12.3 Å². The van der Waals surface area contributed by atoms with Crippen LogP contribution in [0.2, 0.25) is 0 Å². The molecule has 1 aromatic heterocycles. The number of benzene rings is 1. The van der Waals surface area contributed by atoms with Gasteiger partial charge in [-0.3, -0.25) is 9.48 Å². The monoisotopic (exact) mass is 186 g/mol. The minimum Gasteiger partial charge on any atom is -0.298 e.